The third-order valence-electron chi connectivity index (χ3n) is 7.85. The molecule has 0 aliphatic carbocycles. The summed E-state index contributed by atoms with van der Waals surface area (Å²) >= 11 is 3.29. The molecular weight excluding hydrogens is 639 g/mol. The van der Waals surface area contributed by atoms with Crippen LogP contribution in [0.25, 0.3) is 16.3 Å². The summed E-state index contributed by atoms with van der Waals surface area (Å²) in [6.45, 7) is 10.6. The number of para-hydroxylation sites is 2. The fraction of sp³-hybridized carbons (Fsp3) is 0.452. The second-order valence-corrected chi connectivity index (χ2v) is 16.0. The first-order valence-electron chi connectivity index (χ1n) is 15.0. The van der Waals surface area contributed by atoms with Gasteiger partial charge >= 0.3 is 10.1 Å². The molecule has 2 aromatic carbocycles. The molecule has 13 heteroatoms. The number of rotatable bonds is 16. The fourth-order valence-electron chi connectivity index (χ4n) is 5.25. The number of thiazole rings is 1. The van der Waals surface area contributed by atoms with Crippen LogP contribution in [0.3, 0.4) is 0 Å². The van der Waals surface area contributed by atoms with Crippen molar-refractivity contribution in [3.8, 4) is 0 Å². The molecule has 0 N–H and O–H groups in total. The molecule has 0 amide bonds. The third kappa shape index (κ3) is 8.71. The van der Waals surface area contributed by atoms with Gasteiger partial charge in [-0.2, -0.15) is 17.6 Å². The molecule has 9 nitrogen and oxygen atoms in total. The zero-order chi connectivity index (χ0) is 32.0. The Bertz CT molecular complexity index is 1720. The molecule has 0 fully saturated rings. The van der Waals surface area contributed by atoms with Gasteiger partial charge in [-0.05, 0) is 63.5 Å². The monoisotopic (exact) mass is 680 g/mol. The number of fused-ring (bicyclic) bond motifs is 2. The summed E-state index contributed by atoms with van der Waals surface area (Å²) in [5.41, 5.74) is 3.13. The molecule has 4 rings (SSSR count). The number of hydrogen-bond acceptors (Lipinski definition) is 9. The summed E-state index contributed by atoms with van der Waals surface area (Å²) in [6.07, 6.45) is 5.68. The lowest BCUT2D eigenvalue weighted by Crippen LogP contribution is -2.49. The van der Waals surface area contributed by atoms with Crippen molar-refractivity contribution >= 4 is 65.3 Å². The predicted octanol–water partition coefficient (Wildman–Crippen LogP) is 5.90. The maximum absolute atomic E-state index is 12.9. The molecule has 0 radical (unpaired) electrons. The number of hydroxylamine groups is 3. The van der Waals surface area contributed by atoms with Crippen LogP contribution in [0, 0.1) is 0 Å². The second-order valence-electron chi connectivity index (χ2n) is 10.6. The van der Waals surface area contributed by atoms with E-state index in [-0.39, 0.29) is 16.8 Å². The summed E-state index contributed by atoms with van der Waals surface area (Å²) in [4.78, 5) is 3.29. The minimum absolute atomic E-state index is 0.0685. The molecule has 0 saturated heterocycles. The Balaban J connectivity index is 1.60. The molecule has 0 unspecified atom stereocenters. The lowest BCUT2D eigenvalue weighted by Gasteiger charge is -2.31. The number of hydrogen-bond donors (Lipinski definition) is 0. The van der Waals surface area contributed by atoms with E-state index in [4.69, 9.17) is 4.28 Å². The first kappa shape index (κ1) is 34.6. The summed E-state index contributed by atoms with van der Waals surface area (Å²) in [6, 6.07) is 16.1. The first-order chi connectivity index (χ1) is 20.9. The minimum Gasteiger partial charge on any atom is -0.748 e. The molecule has 1 aliphatic rings. The van der Waals surface area contributed by atoms with Crippen LogP contribution in [0.5, 0.6) is 0 Å². The lowest BCUT2D eigenvalue weighted by molar-refractivity contribution is -1.08. The van der Waals surface area contributed by atoms with Crippen LogP contribution in [0.4, 0.5) is 5.69 Å². The van der Waals surface area contributed by atoms with Crippen molar-refractivity contribution in [3.05, 3.63) is 70.2 Å². The highest BCUT2D eigenvalue weighted by Crippen LogP contribution is 2.46. The molecule has 1 aromatic heterocycles. The molecule has 44 heavy (non-hydrogen) atoms. The van der Waals surface area contributed by atoms with Crippen LogP contribution in [0.2, 0.25) is 0 Å². The van der Waals surface area contributed by atoms with E-state index in [0.29, 0.717) is 39.1 Å². The molecule has 2 heterocycles. The van der Waals surface area contributed by atoms with Gasteiger partial charge in [-0.1, -0.05) is 58.6 Å². The number of allylic oxidation sites excluding steroid dienone is 2. The first-order valence-corrected chi connectivity index (χ1v) is 19.8. The van der Waals surface area contributed by atoms with E-state index in [1.54, 1.807) is 23.1 Å². The molecule has 0 atom stereocenters. The Labute approximate surface area is 270 Å². The Hall–Kier alpha value is -2.26. The van der Waals surface area contributed by atoms with Gasteiger partial charge in [0.05, 0.1) is 26.6 Å². The highest BCUT2D eigenvalue weighted by atomic mass is 32.2. The Morgan fingerprint density at radius 1 is 0.955 bits per heavy atom. The van der Waals surface area contributed by atoms with Gasteiger partial charge < -0.3 is 9.45 Å². The highest BCUT2D eigenvalue weighted by Gasteiger charge is 2.32. The maximum atomic E-state index is 12.9. The normalized spacial score (nSPS) is 15.4. The van der Waals surface area contributed by atoms with Gasteiger partial charge in [0.25, 0.3) is 5.01 Å². The molecular formula is C31H42N3O6S4+. The van der Waals surface area contributed by atoms with Gasteiger partial charge in [0.2, 0.25) is 5.52 Å². The van der Waals surface area contributed by atoms with Crippen LogP contribution >= 0.6 is 23.1 Å². The highest BCUT2D eigenvalue weighted by molar-refractivity contribution is 8.03. The SMILES string of the molecule is CCC(/C=C1\Sc2ccccc2N1CCCS(=O)(=O)O[N+](CC)(CC)CC)=C\c1sc2ccccc2[n+]1CCCS(=O)(=O)[O-]. The van der Waals surface area contributed by atoms with E-state index in [1.165, 1.54) is 0 Å². The van der Waals surface area contributed by atoms with Crippen molar-refractivity contribution in [2.45, 2.75) is 58.4 Å². The van der Waals surface area contributed by atoms with E-state index in [0.717, 1.165) is 42.8 Å². The van der Waals surface area contributed by atoms with E-state index in [2.05, 4.69) is 40.7 Å². The molecule has 0 saturated carbocycles. The van der Waals surface area contributed by atoms with Crippen LogP contribution in [-0.2, 0) is 31.1 Å². The number of aromatic nitrogens is 1. The number of quaternary nitrogens is 1. The zero-order valence-electron chi connectivity index (χ0n) is 25.8. The number of aryl methyl sites for hydroxylation is 1. The van der Waals surface area contributed by atoms with Crippen molar-refractivity contribution in [2.75, 3.05) is 42.6 Å². The van der Waals surface area contributed by atoms with Crippen molar-refractivity contribution in [1.29, 1.82) is 0 Å². The van der Waals surface area contributed by atoms with Crippen LogP contribution < -0.4 is 9.47 Å². The number of benzene rings is 2. The number of thioether (sulfide) groups is 1. The maximum Gasteiger partial charge on any atom is 0.314 e. The van der Waals surface area contributed by atoms with E-state index < -0.39 is 26.0 Å². The molecule has 3 aromatic rings. The van der Waals surface area contributed by atoms with E-state index in [9.17, 15) is 21.4 Å². The largest absolute Gasteiger partial charge is 0.748 e. The summed E-state index contributed by atoms with van der Waals surface area (Å²) in [5.74, 6) is -0.473. The Morgan fingerprint density at radius 3 is 2.32 bits per heavy atom. The average Bonchev–Trinajstić information content (AvgIpc) is 3.52. The average molecular weight is 681 g/mol. The zero-order valence-corrected chi connectivity index (χ0v) is 29.0. The van der Waals surface area contributed by atoms with Gasteiger partial charge in [-0.3, -0.25) is 0 Å². The summed E-state index contributed by atoms with van der Waals surface area (Å²) in [5, 5.41) is 1.99. The smallest absolute Gasteiger partial charge is 0.314 e. The quantitative estimate of drug-likeness (QED) is 0.0797. The lowest BCUT2D eigenvalue weighted by atomic mass is 10.2. The standard InChI is InChI=1S/C31H42N3O6S4/c1-5-25(23-30-32(19-13-21-43(35,36)37)26-15-9-11-17-28(26)41-30)24-31-33(27-16-10-12-18-29(27)42-31)20-14-22-44(38,39)40-34(6-2,7-3)8-4/h9-12,15-18,23-24H,5-8,13-14,19-22H2,1-4H3/q+1. The number of anilines is 1. The van der Waals surface area contributed by atoms with Gasteiger partial charge in [-0.15, -0.1) is 0 Å². The molecule has 1 aliphatic heterocycles. The van der Waals surface area contributed by atoms with E-state index >= 15 is 0 Å². The topological polar surface area (TPSA) is 108 Å². The second kappa shape index (κ2) is 14.9. The minimum atomic E-state index is -4.29. The van der Waals surface area contributed by atoms with Gasteiger partial charge in [-0.25, -0.2) is 8.42 Å². The number of nitrogens with zero attached hydrogens (tertiary/aromatic N) is 3. The van der Waals surface area contributed by atoms with Gasteiger partial charge in [0.1, 0.15) is 24.3 Å². The van der Waals surface area contributed by atoms with Gasteiger partial charge in [0.15, 0.2) is 6.54 Å². The third-order valence-corrected chi connectivity index (χ3v) is 12.2. The van der Waals surface area contributed by atoms with Gasteiger partial charge in [0, 0.05) is 35.8 Å². The molecule has 240 valence electrons. The molecule has 0 spiro atoms. The van der Waals surface area contributed by atoms with E-state index in [1.807, 2.05) is 57.2 Å². The van der Waals surface area contributed by atoms with Crippen LogP contribution in [-0.4, -0.2) is 63.7 Å². The van der Waals surface area contributed by atoms with Crippen LogP contribution in [0.1, 0.15) is 52.0 Å². The summed E-state index contributed by atoms with van der Waals surface area (Å²) in [7, 11) is -8.01. The van der Waals surface area contributed by atoms with Crippen molar-refractivity contribution < 1.29 is 34.9 Å². The van der Waals surface area contributed by atoms with Crippen molar-refractivity contribution in [1.82, 2.24) is 0 Å². The Morgan fingerprint density at radius 2 is 1.64 bits per heavy atom. The van der Waals surface area contributed by atoms with Crippen molar-refractivity contribution in [3.63, 3.8) is 0 Å². The van der Waals surface area contributed by atoms with Crippen LogP contribution in [0.15, 0.2) is 70.1 Å². The predicted molar refractivity (Wildman–Crippen MR) is 179 cm³/mol. The summed E-state index contributed by atoms with van der Waals surface area (Å²) < 4.78 is 68.6. The fourth-order valence-corrected chi connectivity index (χ4v) is 9.42. The van der Waals surface area contributed by atoms with Crippen molar-refractivity contribution in [2.24, 2.45) is 0 Å². The molecule has 0 bridgehead atoms. The Kier molecular flexibility index (Phi) is 11.7.